The molecule has 0 aliphatic carbocycles. The average molecular weight is 392 g/mol. The molecule has 29 heavy (non-hydrogen) atoms. The van der Waals surface area contributed by atoms with E-state index >= 15 is 0 Å². The predicted molar refractivity (Wildman–Crippen MR) is 118 cm³/mol. The molecular formula is C24H29N3O2. The third-order valence-electron chi connectivity index (χ3n) is 4.93. The maximum absolute atomic E-state index is 11.8. The number of hydrogen-bond donors (Lipinski definition) is 2. The molecule has 152 valence electrons. The molecule has 0 saturated carbocycles. The predicted octanol–water partition coefficient (Wildman–Crippen LogP) is 5.51. The van der Waals surface area contributed by atoms with Gasteiger partial charge in [0, 0.05) is 10.9 Å². The van der Waals surface area contributed by atoms with Crippen LogP contribution in [0.2, 0.25) is 0 Å². The molecule has 2 aromatic carbocycles. The van der Waals surface area contributed by atoms with Crippen molar-refractivity contribution in [1.82, 2.24) is 9.97 Å². The van der Waals surface area contributed by atoms with Crippen LogP contribution in [0.15, 0.2) is 48.5 Å². The normalized spacial score (nSPS) is 12.9. The van der Waals surface area contributed by atoms with Crippen LogP contribution in [0.5, 0.6) is 0 Å². The van der Waals surface area contributed by atoms with Crippen LogP contribution in [0, 0.1) is 5.92 Å². The summed E-state index contributed by atoms with van der Waals surface area (Å²) < 4.78 is 0. The second-order valence-corrected chi connectivity index (χ2v) is 8.91. The van der Waals surface area contributed by atoms with Crippen molar-refractivity contribution < 1.29 is 9.90 Å². The fourth-order valence-electron chi connectivity index (χ4n) is 3.29. The lowest BCUT2D eigenvalue weighted by Crippen LogP contribution is -2.31. The van der Waals surface area contributed by atoms with Crippen molar-refractivity contribution in [2.24, 2.45) is 5.92 Å². The van der Waals surface area contributed by atoms with Gasteiger partial charge in [-0.25, -0.2) is 14.8 Å². The second-order valence-electron chi connectivity index (χ2n) is 8.91. The summed E-state index contributed by atoms with van der Waals surface area (Å²) in [5, 5.41) is 13.6. The molecule has 0 spiro atoms. The van der Waals surface area contributed by atoms with Crippen LogP contribution in [0.4, 0.5) is 5.82 Å². The Morgan fingerprint density at radius 1 is 1.03 bits per heavy atom. The first kappa shape index (κ1) is 20.8. The van der Waals surface area contributed by atoms with Gasteiger partial charge in [0.25, 0.3) is 0 Å². The Balaban J connectivity index is 2.05. The fourth-order valence-corrected chi connectivity index (χ4v) is 3.29. The molecule has 0 radical (unpaired) electrons. The van der Waals surface area contributed by atoms with Crippen LogP contribution in [0.25, 0.3) is 22.3 Å². The molecule has 0 fully saturated rings. The molecule has 0 aliphatic heterocycles. The summed E-state index contributed by atoms with van der Waals surface area (Å²) in [6.07, 6.45) is 0.517. The summed E-state index contributed by atoms with van der Waals surface area (Å²) in [5.74, 6) is 0.512. The fraction of sp³-hybridized carbons (Fsp3) is 0.375. The van der Waals surface area contributed by atoms with Crippen molar-refractivity contribution in [3.63, 3.8) is 0 Å². The number of carboxylic acids is 1. The summed E-state index contributed by atoms with van der Waals surface area (Å²) in [4.78, 5) is 21.2. The molecule has 0 aliphatic rings. The van der Waals surface area contributed by atoms with Crippen LogP contribution in [-0.4, -0.2) is 27.1 Å². The van der Waals surface area contributed by atoms with Crippen LogP contribution < -0.4 is 5.32 Å². The van der Waals surface area contributed by atoms with E-state index in [0.717, 1.165) is 16.5 Å². The zero-order valence-corrected chi connectivity index (χ0v) is 17.7. The summed E-state index contributed by atoms with van der Waals surface area (Å²) >= 11 is 0. The number of carboxylic acid groups (broad SMARTS) is 1. The monoisotopic (exact) mass is 391 g/mol. The van der Waals surface area contributed by atoms with Gasteiger partial charge in [-0.1, -0.05) is 71.0 Å². The van der Waals surface area contributed by atoms with Gasteiger partial charge in [-0.15, -0.1) is 0 Å². The largest absolute Gasteiger partial charge is 0.480 e. The molecule has 0 unspecified atom stereocenters. The van der Waals surface area contributed by atoms with E-state index in [-0.39, 0.29) is 11.3 Å². The lowest BCUT2D eigenvalue weighted by Gasteiger charge is -2.20. The molecular weight excluding hydrogens is 362 g/mol. The molecule has 2 N–H and O–H groups in total. The number of aromatic nitrogens is 2. The number of rotatable bonds is 6. The van der Waals surface area contributed by atoms with Gasteiger partial charge in [-0.2, -0.15) is 0 Å². The molecule has 1 heterocycles. The van der Waals surface area contributed by atoms with Gasteiger partial charge in [-0.05, 0) is 35.4 Å². The Kier molecular flexibility index (Phi) is 5.87. The van der Waals surface area contributed by atoms with E-state index in [9.17, 15) is 9.90 Å². The summed E-state index contributed by atoms with van der Waals surface area (Å²) in [6.45, 7) is 10.6. The quantitative estimate of drug-likeness (QED) is 0.580. The van der Waals surface area contributed by atoms with E-state index in [1.165, 1.54) is 5.56 Å². The lowest BCUT2D eigenvalue weighted by molar-refractivity contribution is -0.138. The maximum atomic E-state index is 11.8. The van der Waals surface area contributed by atoms with Crippen molar-refractivity contribution in [2.45, 2.75) is 52.5 Å². The number of aliphatic carboxylic acids is 1. The lowest BCUT2D eigenvalue weighted by atomic mass is 9.87. The highest BCUT2D eigenvalue weighted by Crippen LogP contribution is 2.28. The smallest absolute Gasteiger partial charge is 0.326 e. The molecule has 1 atom stereocenters. The molecule has 0 amide bonds. The topological polar surface area (TPSA) is 75.1 Å². The number of nitrogens with zero attached hydrogens (tertiary/aromatic N) is 2. The molecule has 5 nitrogen and oxygen atoms in total. The third-order valence-corrected chi connectivity index (χ3v) is 4.93. The number of nitrogens with one attached hydrogen (secondary N) is 1. The Morgan fingerprint density at radius 2 is 1.69 bits per heavy atom. The van der Waals surface area contributed by atoms with Gasteiger partial charge < -0.3 is 10.4 Å². The first-order valence-corrected chi connectivity index (χ1v) is 10.0. The highest BCUT2D eigenvalue weighted by molar-refractivity contribution is 5.92. The van der Waals surface area contributed by atoms with Crippen molar-refractivity contribution in [1.29, 1.82) is 0 Å². The Labute approximate surface area is 172 Å². The van der Waals surface area contributed by atoms with Gasteiger partial charge in [0.15, 0.2) is 5.82 Å². The highest BCUT2D eigenvalue weighted by atomic mass is 16.4. The number of para-hydroxylation sites is 1. The van der Waals surface area contributed by atoms with Crippen molar-refractivity contribution in [2.75, 3.05) is 5.32 Å². The first-order valence-electron chi connectivity index (χ1n) is 10.0. The van der Waals surface area contributed by atoms with Gasteiger partial charge in [0.2, 0.25) is 0 Å². The number of anilines is 1. The average Bonchev–Trinajstić information content (AvgIpc) is 2.66. The van der Waals surface area contributed by atoms with Crippen molar-refractivity contribution >= 4 is 22.7 Å². The maximum Gasteiger partial charge on any atom is 0.326 e. The van der Waals surface area contributed by atoms with Gasteiger partial charge in [0.05, 0.1) is 5.52 Å². The SMILES string of the molecule is CC(C)C[C@@H](Nc1nc(-c2ccc(C(C)(C)C)cc2)nc2ccccc12)C(=O)O. The minimum atomic E-state index is -0.877. The van der Waals surface area contributed by atoms with E-state index in [0.29, 0.717) is 18.1 Å². The molecule has 0 saturated heterocycles. The Morgan fingerprint density at radius 3 is 2.28 bits per heavy atom. The Bertz CT molecular complexity index is 1000. The van der Waals surface area contributed by atoms with Crippen molar-refractivity contribution in [3.05, 3.63) is 54.1 Å². The summed E-state index contributed by atoms with van der Waals surface area (Å²) in [6, 6.07) is 15.2. The second kappa shape index (κ2) is 8.19. The van der Waals surface area contributed by atoms with E-state index in [1.54, 1.807) is 0 Å². The number of benzene rings is 2. The number of carbonyl (C=O) groups is 1. The van der Waals surface area contributed by atoms with Crippen LogP contribution in [0.1, 0.15) is 46.6 Å². The third kappa shape index (κ3) is 4.91. The zero-order chi connectivity index (χ0) is 21.2. The molecule has 5 heteroatoms. The standard InChI is InChI=1S/C24H29N3O2/c1-15(2)14-20(23(28)29)26-22-18-8-6-7-9-19(18)25-21(27-22)16-10-12-17(13-11-16)24(3,4)5/h6-13,15,20H,14H2,1-5H3,(H,28,29)(H,25,26,27)/t20-/m1/s1. The van der Waals surface area contributed by atoms with Crippen LogP contribution in [-0.2, 0) is 10.2 Å². The minimum absolute atomic E-state index is 0.0705. The summed E-state index contributed by atoms with van der Waals surface area (Å²) in [7, 11) is 0. The van der Waals surface area contributed by atoms with Crippen LogP contribution >= 0.6 is 0 Å². The molecule has 3 aromatic rings. The molecule has 3 rings (SSSR count). The summed E-state index contributed by atoms with van der Waals surface area (Å²) in [5.41, 5.74) is 3.00. The van der Waals surface area contributed by atoms with E-state index in [2.05, 4.69) is 38.2 Å². The molecule has 0 bridgehead atoms. The first-order chi connectivity index (χ1) is 13.6. The van der Waals surface area contributed by atoms with E-state index in [1.807, 2.05) is 50.2 Å². The number of fused-ring (bicyclic) bond motifs is 1. The van der Waals surface area contributed by atoms with Crippen LogP contribution in [0.3, 0.4) is 0 Å². The van der Waals surface area contributed by atoms with E-state index in [4.69, 9.17) is 9.97 Å². The zero-order valence-electron chi connectivity index (χ0n) is 17.7. The highest BCUT2D eigenvalue weighted by Gasteiger charge is 2.21. The van der Waals surface area contributed by atoms with E-state index < -0.39 is 12.0 Å². The minimum Gasteiger partial charge on any atom is -0.480 e. The van der Waals surface area contributed by atoms with Gasteiger partial charge in [0.1, 0.15) is 11.9 Å². The number of hydrogen-bond acceptors (Lipinski definition) is 4. The van der Waals surface area contributed by atoms with Crippen molar-refractivity contribution in [3.8, 4) is 11.4 Å². The van der Waals surface area contributed by atoms with Gasteiger partial charge >= 0.3 is 5.97 Å². The Hall–Kier alpha value is -2.95. The van der Waals surface area contributed by atoms with Gasteiger partial charge in [-0.3, -0.25) is 0 Å². The molecule has 1 aromatic heterocycles.